The van der Waals surface area contributed by atoms with Crippen LogP contribution in [0.4, 0.5) is 10.5 Å². The van der Waals surface area contributed by atoms with E-state index in [0.29, 0.717) is 30.0 Å². The van der Waals surface area contributed by atoms with Crippen LogP contribution >= 0.6 is 23.2 Å². The number of hydrogen-bond acceptors (Lipinski definition) is 8. The molecule has 220 valence electrons. The van der Waals surface area contributed by atoms with Crippen LogP contribution in [0.25, 0.3) is 11.3 Å². The monoisotopic (exact) mass is 614 g/mol. The van der Waals surface area contributed by atoms with Gasteiger partial charge in [-0.1, -0.05) is 47.1 Å². The lowest BCUT2D eigenvalue weighted by molar-refractivity contribution is -0.115. The number of benzene rings is 2. The maximum atomic E-state index is 13.2. The molecule has 3 amide bonds. The Morgan fingerprint density at radius 1 is 1.10 bits per heavy atom. The fraction of sp³-hybridized carbons (Fsp3) is 0.179. The second-order valence-corrected chi connectivity index (χ2v) is 9.35. The third-order valence-corrected chi connectivity index (χ3v) is 6.00. The molecule has 12 nitrogen and oxygen atoms in total. The Morgan fingerprint density at radius 2 is 1.79 bits per heavy atom. The molecule has 2 aromatic carbocycles. The topological polar surface area (TPSA) is 167 Å². The van der Waals surface area contributed by atoms with Gasteiger partial charge in [0.1, 0.15) is 29.4 Å². The Labute approximate surface area is 251 Å². The number of ether oxygens (including phenoxy) is 1. The number of aliphatic imine (C=N–C) groups is 1. The standard InChI is InChI=1S/C28H28Cl2N6O6/c1-4-10-31-15-22(37)33-25-20(29)12-17(13-21(25)30)14-32-27(35-28(39)40)34-26(38)23-16(3)42-36-24(23)18-6-8-19(9-7-18)41-11-5-2/h4-9,12-13,31H,1-2,10-11,14-15H2,3H3,(H,33,37)(H,39,40)(H2,32,34,35,38). The van der Waals surface area contributed by atoms with Crippen molar-refractivity contribution < 1.29 is 28.8 Å². The number of hydrogen-bond donors (Lipinski definition) is 5. The summed E-state index contributed by atoms with van der Waals surface area (Å²) in [5, 5.41) is 23.6. The molecule has 0 fully saturated rings. The quantitative estimate of drug-likeness (QED) is 0.0839. The predicted octanol–water partition coefficient (Wildman–Crippen LogP) is 4.79. The van der Waals surface area contributed by atoms with Crippen molar-refractivity contribution >= 4 is 52.8 Å². The van der Waals surface area contributed by atoms with Crippen molar-refractivity contribution in [3.8, 4) is 17.0 Å². The summed E-state index contributed by atoms with van der Waals surface area (Å²) in [6.45, 7) is 9.41. The normalized spacial score (nSPS) is 11.0. The van der Waals surface area contributed by atoms with E-state index in [9.17, 15) is 19.5 Å². The summed E-state index contributed by atoms with van der Waals surface area (Å²) in [5.74, 6) is -0.615. The number of aryl methyl sites for hydroxylation is 1. The molecule has 0 atom stereocenters. The average Bonchev–Trinajstić information content (AvgIpc) is 3.34. The summed E-state index contributed by atoms with van der Waals surface area (Å²) in [5.41, 5.74) is 1.59. The van der Waals surface area contributed by atoms with Gasteiger partial charge in [0.2, 0.25) is 11.9 Å². The highest BCUT2D eigenvalue weighted by molar-refractivity contribution is 6.39. The zero-order valence-electron chi connectivity index (χ0n) is 22.5. The van der Waals surface area contributed by atoms with Gasteiger partial charge in [-0.2, -0.15) is 0 Å². The zero-order chi connectivity index (χ0) is 30.6. The fourth-order valence-corrected chi connectivity index (χ4v) is 4.19. The molecule has 0 spiro atoms. The summed E-state index contributed by atoms with van der Waals surface area (Å²) < 4.78 is 10.7. The van der Waals surface area contributed by atoms with Crippen molar-refractivity contribution in [1.82, 2.24) is 21.1 Å². The van der Waals surface area contributed by atoms with Crippen molar-refractivity contribution in [3.63, 3.8) is 0 Å². The van der Waals surface area contributed by atoms with Gasteiger partial charge in [-0.15, -0.1) is 6.58 Å². The highest BCUT2D eigenvalue weighted by Crippen LogP contribution is 2.32. The summed E-state index contributed by atoms with van der Waals surface area (Å²) in [6, 6.07) is 9.83. The molecule has 5 N–H and O–H groups in total. The molecule has 0 aliphatic heterocycles. The summed E-state index contributed by atoms with van der Waals surface area (Å²) in [4.78, 5) is 40.9. The average molecular weight is 615 g/mol. The van der Waals surface area contributed by atoms with Gasteiger partial charge < -0.3 is 25.0 Å². The third-order valence-electron chi connectivity index (χ3n) is 5.40. The maximum absolute atomic E-state index is 13.2. The molecule has 14 heteroatoms. The molecule has 0 unspecified atom stereocenters. The van der Waals surface area contributed by atoms with E-state index < -0.39 is 12.0 Å². The molecular weight excluding hydrogens is 587 g/mol. The largest absolute Gasteiger partial charge is 0.490 e. The van der Waals surface area contributed by atoms with Crippen LogP contribution in [0.3, 0.4) is 0 Å². The van der Waals surface area contributed by atoms with Crippen molar-refractivity contribution in [3.05, 3.63) is 88.6 Å². The van der Waals surface area contributed by atoms with Gasteiger partial charge in [0, 0.05) is 12.1 Å². The highest BCUT2D eigenvalue weighted by Gasteiger charge is 2.23. The van der Waals surface area contributed by atoms with E-state index >= 15 is 0 Å². The van der Waals surface area contributed by atoms with Crippen LogP contribution in [-0.4, -0.2) is 53.8 Å². The number of carboxylic acid groups (broad SMARTS) is 1. The summed E-state index contributed by atoms with van der Waals surface area (Å²) >= 11 is 12.7. The Kier molecular flexibility index (Phi) is 11.7. The van der Waals surface area contributed by atoms with E-state index in [0.717, 1.165) is 0 Å². The van der Waals surface area contributed by atoms with Gasteiger partial charge in [-0.3, -0.25) is 20.2 Å². The maximum Gasteiger partial charge on any atom is 0.411 e. The number of carbonyl (C=O) groups excluding carboxylic acids is 2. The Morgan fingerprint density at radius 3 is 2.40 bits per heavy atom. The summed E-state index contributed by atoms with van der Waals surface area (Å²) in [7, 11) is 0. The fourth-order valence-electron chi connectivity index (χ4n) is 3.56. The lowest BCUT2D eigenvalue weighted by Crippen LogP contribution is -2.43. The molecule has 0 saturated carbocycles. The molecule has 0 radical (unpaired) electrons. The number of amides is 3. The number of guanidine groups is 1. The van der Waals surface area contributed by atoms with Crippen molar-refractivity contribution in [2.24, 2.45) is 4.99 Å². The Balaban J connectivity index is 1.78. The summed E-state index contributed by atoms with van der Waals surface area (Å²) in [6.07, 6.45) is 1.78. The lowest BCUT2D eigenvalue weighted by atomic mass is 10.1. The first-order valence-electron chi connectivity index (χ1n) is 12.4. The van der Waals surface area contributed by atoms with Crippen LogP contribution in [0.1, 0.15) is 21.7 Å². The molecule has 3 aromatic rings. The molecule has 1 heterocycles. The molecular formula is C28H28Cl2N6O6. The Hall–Kier alpha value is -4.65. The van der Waals surface area contributed by atoms with Crippen LogP contribution in [0.15, 0.2) is 71.2 Å². The molecule has 0 saturated heterocycles. The van der Waals surface area contributed by atoms with E-state index in [-0.39, 0.29) is 57.7 Å². The van der Waals surface area contributed by atoms with Crippen molar-refractivity contribution in [2.45, 2.75) is 13.5 Å². The molecule has 0 bridgehead atoms. The van der Waals surface area contributed by atoms with Gasteiger partial charge in [-0.25, -0.2) is 9.79 Å². The van der Waals surface area contributed by atoms with Crippen LogP contribution < -0.4 is 26.0 Å². The van der Waals surface area contributed by atoms with Gasteiger partial charge in [0.05, 0.1) is 28.8 Å². The van der Waals surface area contributed by atoms with Crippen LogP contribution in [0, 0.1) is 6.92 Å². The van der Waals surface area contributed by atoms with Crippen LogP contribution in [0.5, 0.6) is 5.75 Å². The number of carbonyl (C=O) groups is 3. The van der Waals surface area contributed by atoms with E-state index in [1.54, 1.807) is 43.3 Å². The zero-order valence-corrected chi connectivity index (χ0v) is 24.0. The number of anilines is 1. The van der Waals surface area contributed by atoms with E-state index in [4.69, 9.17) is 32.5 Å². The molecule has 0 aliphatic carbocycles. The smallest absolute Gasteiger partial charge is 0.411 e. The third kappa shape index (κ3) is 8.93. The minimum atomic E-state index is -1.45. The first-order chi connectivity index (χ1) is 20.1. The number of nitrogens with one attached hydrogen (secondary N) is 4. The van der Waals surface area contributed by atoms with Gasteiger partial charge in [0.25, 0.3) is 5.91 Å². The van der Waals surface area contributed by atoms with Gasteiger partial charge in [0.15, 0.2) is 0 Å². The number of aromatic nitrogens is 1. The number of rotatable bonds is 12. The minimum Gasteiger partial charge on any atom is -0.490 e. The van der Waals surface area contributed by atoms with E-state index in [1.807, 2.05) is 0 Å². The second kappa shape index (κ2) is 15.4. The Bertz CT molecular complexity index is 1480. The van der Waals surface area contributed by atoms with Crippen molar-refractivity contribution in [2.75, 3.05) is 25.0 Å². The van der Waals surface area contributed by atoms with E-state index in [1.165, 1.54) is 12.1 Å². The minimum absolute atomic E-state index is 0.0253. The molecule has 3 rings (SSSR count). The van der Waals surface area contributed by atoms with Crippen LogP contribution in [0.2, 0.25) is 10.0 Å². The number of nitrogens with zero attached hydrogens (tertiary/aromatic N) is 2. The molecule has 0 aliphatic rings. The lowest BCUT2D eigenvalue weighted by Gasteiger charge is -2.12. The van der Waals surface area contributed by atoms with Gasteiger partial charge in [-0.05, 0) is 48.9 Å². The van der Waals surface area contributed by atoms with Gasteiger partial charge >= 0.3 is 6.09 Å². The van der Waals surface area contributed by atoms with Crippen LogP contribution in [-0.2, 0) is 11.3 Å². The number of halogens is 2. The highest BCUT2D eigenvalue weighted by atomic mass is 35.5. The van der Waals surface area contributed by atoms with Crippen molar-refractivity contribution in [1.29, 1.82) is 0 Å². The first-order valence-corrected chi connectivity index (χ1v) is 13.1. The first kappa shape index (κ1) is 31.9. The van der Waals surface area contributed by atoms with E-state index in [2.05, 4.69) is 44.6 Å². The molecule has 42 heavy (non-hydrogen) atoms. The predicted molar refractivity (Wildman–Crippen MR) is 160 cm³/mol. The SMILES string of the molecule is C=CCNCC(=O)Nc1c(Cl)cc(CN=C(NC(=O)O)NC(=O)c2c(-c3ccc(OCC=C)cc3)noc2C)cc1Cl. The second-order valence-electron chi connectivity index (χ2n) is 8.54. The molecule has 1 aromatic heterocycles.